The summed E-state index contributed by atoms with van der Waals surface area (Å²) < 4.78 is 31.5. The van der Waals surface area contributed by atoms with E-state index < -0.39 is 10.0 Å². The Kier molecular flexibility index (Phi) is 8.16. The molecule has 206 valence electrons. The second-order valence-electron chi connectivity index (χ2n) is 10.1. The van der Waals surface area contributed by atoms with E-state index in [0.717, 1.165) is 53.7 Å². The molecule has 0 atom stereocenters. The maximum atomic E-state index is 13.8. The molecule has 2 heterocycles. The molecule has 2 aromatic heterocycles. The maximum absolute atomic E-state index is 13.8. The SMILES string of the molecule is CCN(C1CCCCC1)S(=O)(=O)c1ccc(C(=O)N(CCn2nc(C)cc2C)c2nc3ccccc3s2)cc1. The summed E-state index contributed by atoms with van der Waals surface area (Å²) in [5, 5.41) is 5.15. The first-order chi connectivity index (χ1) is 18.8. The van der Waals surface area contributed by atoms with Crippen LogP contribution < -0.4 is 4.90 Å². The molecule has 8 nitrogen and oxygen atoms in total. The fourth-order valence-corrected chi connectivity index (χ4v) is 8.09. The normalized spacial score (nSPS) is 14.8. The highest BCUT2D eigenvalue weighted by Gasteiger charge is 2.31. The molecule has 1 aliphatic rings. The third kappa shape index (κ3) is 5.78. The molecule has 10 heteroatoms. The number of rotatable bonds is 9. The third-order valence-corrected chi connectivity index (χ3v) is 10.5. The number of aryl methyl sites for hydroxylation is 2. The number of carbonyl (C=O) groups is 1. The summed E-state index contributed by atoms with van der Waals surface area (Å²) in [5.41, 5.74) is 3.21. The second kappa shape index (κ2) is 11.6. The highest BCUT2D eigenvalue weighted by atomic mass is 32.2. The minimum absolute atomic E-state index is 0.0407. The Labute approximate surface area is 234 Å². The number of thiazole rings is 1. The van der Waals surface area contributed by atoms with Gasteiger partial charge in [0.2, 0.25) is 10.0 Å². The zero-order valence-electron chi connectivity index (χ0n) is 22.7. The van der Waals surface area contributed by atoms with Gasteiger partial charge in [-0.25, -0.2) is 13.4 Å². The number of para-hydroxylation sites is 1. The Hall–Kier alpha value is -3.08. The van der Waals surface area contributed by atoms with Crippen molar-refractivity contribution in [2.45, 2.75) is 70.4 Å². The molecule has 1 saturated carbocycles. The van der Waals surface area contributed by atoms with Gasteiger partial charge in [0.05, 0.1) is 27.4 Å². The van der Waals surface area contributed by atoms with Crippen LogP contribution in [0.25, 0.3) is 10.2 Å². The maximum Gasteiger partial charge on any atom is 0.260 e. The fraction of sp³-hybridized carbons (Fsp3) is 0.414. The van der Waals surface area contributed by atoms with Gasteiger partial charge in [-0.2, -0.15) is 9.40 Å². The molecule has 0 aliphatic heterocycles. The van der Waals surface area contributed by atoms with Crippen LogP contribution >= 0.6 is 11.3 Å². The first-order valence-electron chi connectivity index (χ1n) is 13.6. The molecule has 2 aromatic carbocycles. The molecule has 1 aliphatic carbocycles. The topological polar surface area (TPSA) is 88.4 Å². The van der Waals surface area contributed by atoms with Crippen LogP contribution in [0.4, 0.5) is 5.13 Å². The molecule has 4 aromatic rings. The lowest BCUT2D eigenvalue weighted by Gasteiger charge is -2.32. The molecule has 0 bridgehead atoms. The van der Waals surface area contributed by atoms with E-state index in [1.54, 1.807) is 33.5 Å². The van der Waals surface area contributed by atoms with Crippen LogP contribution in [0, 0.1) is 13.8 Å². The van der Waals surface area contributed by atoms with Crippen molar-refractivity contribution in [2.75, 3.05) is 18.0 Å². The molecule has 1 fully saturated rings. The number of carbonyl (C=O) groups excluding carboxylic acids is 1. The van der Waals surface area contributed by atoms with Gasteiger partial charge in [0.15, 0.2) is 5.13 Å². The largest absolute Gasteiger partial charge is 0.282 e. The Bertz CT molecular complexity index is 1520. The highest BCUT2D eigenvalue weighted by molar-refractivity contribution is 7.89. The van der Waals surface area contributed by atoms with Gasteiger partial charge in [-0.15, -0.1) is 0 Å². The lowest BCUT2D eigenvalue weighted by atomic mass is 9.95. The van der Waals surface area contributed by atoms with Crippen LogP contribution in [-0.4, -0.2) is 52.5 Å². The summed E-state index contributed by atoms with van der Waals surface area (Å²) in [6.07, 6.45) is 5.08. The number of fused-ring (bicyclic) bond motifs is 1. The van der Waals surface area contributed by atoms with E-state index in [4.69, 9.17) is 4.98 Å². The number of sulfonamides is 1. The molecule has 0 N–H and O–H groups in total. The number of hydrogen-bond donors (Lipinski definition) is 0. The minimum atomic E-state index is -3.65. The van der Waals surface area contributed by atoms with Gasteiger partial charge in [-0.05, 0) is 69.2 Å². The average Bonchev–Trinajstić information content (AvgIpc) is 3.51. The van der Waals surface area contributed by atoms with Gasteiger partial charge in [-0.1, -0.05) is 49.7 Å². The standard InChI is InChI=1S/C29H35N5O3S2/c1-4-34(24-10-6-5-7-11-24)39(36,37)25-16-14-23(15-17-25)28(35)32(18-19-33-22(3)20-21(2)31-33)29-30-26-12-8-9-13-27(26)38-29/h8-9,12-17,20,24H,4-7,10-11,18-19H2,1-3H3. The van der Waals surface area contributed by atoms with Crippen LogP contribution in [0.3, 0.4) is 0 Å². The molecule has 5 rings (SSSR count). The van der Waals surface area contributed by atoms with Crippen molar-refractivity contribution < 1.29 is 13.2 Å². The van der Waals surface area contributed by atoms with E-state index >= 15 is 0 Å². The first kappa shape index (κ1) is 27.5. The number of hydrogen-bond acceptors (Lipinski definition) is 6. The first-order valence-corrected chi connectivity index (χ1v) is 15.8. The smallest absolute Gasteiger partial charge is 0.260 e. The van der Waals surface area contributed by atoms with Crippen LogP contribution in [-0.2, 0) is 16.6 Å². The van der Waals surface area contributed by atoms with E-state index in [0.29, 0.717) is 30.3 Å². The van der Waals surface area contributed by atoms with Gasteiger partial charge in [0.1, 0.15) is 0 Å². The van der Waals surface area contributed by atoms with Crippen molar-refractivity contribution in [3.63, 3.8) is 0 Å². The van der Waals surface area contributed by atoms with Crippen molar-refractivity contribution in [1.82, 2.24) is 19.1 Å². The van der Waals surface area contributed by atoms with Crippen LogP contribution in [0.15, 0.2) is 59.5 Å². The second-order valence-corrected chi connectivity index (χ2v) is 13.0. The van der Waals surface area contributed by atoms with Crippen molar-refractivity contribution in [2.24, 2.45) is 0 Å². The summed E-state index contributed by atoms with van der Waals surface area (Å²) in [4.78, 5) is 20.5. The molecule has 39 heavy (non-hydrogen) atoms. The fourth-order valence-electron chi connectivity index (χ4n) is 5.41. The highest BCUT2D eigenvalue weighted by Crippen LogP contribution is 2.31. The van der Waals surface area contributed by atoms with Crippen LogP contribution in [0.1, 0.15) is 60.8 Å². The Balaban J connectivity index is 1.42. The van der Waals surface area contributed by atoms with Crippen molar-refractivity contribution in [3.8, 4) is 0 Å². The Morgan fingerprint density at radius 3 is 2.41 bits per heavy atom. The van der Waals surface area contributed by atoms with Crippen molar-refractivity contribution >= 4 is 42.6 Å². The van der Waals surface area contributed by atoms with E-state index in [-0.39, 0.29) is 16.8 Å². The zero-order chi connectivity index (χ0) is 27.6. The molecule has 0 radical (unpaired) electrons. The van der Waals surface area contributed by atoms with Crippen molar-refractivity contribution in [3.05, 3.63) is 71.5 Å². The monoisotopic (exact) mass is 565 g/mol. The summed E-state index contributed by atoms with van der Waals surface area (Å²) in [6, 6.07) is 16.2. The van der Waals surface area contributed by atoms with Gasteiger partial charge >= 0.3 is 0 Å². The summed E-state index contributed by atoms with van der Waals surface area (Å²) in [5.74, 6) is -0.223. The number of amides is 1. The summed E-state index contributed by atoms with van der Waals surface area (Å²) in [7, 11) is -3.65. The zero-order valence-corrected chi connectivity index (χ0v) is 24.3. The number of nitrogens with zero attached hydrogens (tertiary/aromatic N) is 5. The van der Waals surface area contributed by atoms with Gasteiger partial charge in [-0.3, -0.25) is 14.4 Å². The van der Waals surface area contributed by atoms with Crippen molar-refractivity contribution in [1.29, 1.82) is 0 Å². The van der Waals surface area contributed by atoms with Gasteiger partial charge < -0.3 is 0 Å². The van der Waals surface area contributed by atoms with E-state index in [1.807, 2.05) is 55.8 Å². The average molecular weight is 566 g/mol. The van der Waals surface area contributed by atoms with Crippen LogP contribution in [0.2, 0.25) is 0 Å². The summed E-state index contributed by atoms with van der Waals surface area (Å²) >= 11 is 1.46. The van der Waals surface area contributed by atoms with E-state index in [2.05, 4.69) is 5.10 Å². The molecule has 0 unspecified atom stereocenters. The predicted molar refractivity (Wildman–Crippen MR) is 156 cm³/mol. The predicted octanol–water partition coefficient (Wildman–Crippen LogP) is 5.80. The molecule has 0 spiro atoms. The lowest BCUT2D eigenvalue weighted by Crippen LogP contribution is -2.41. The van der Waals surface area contributed by atoms with Gasteiger partial charge in [0, 0.05) is 30.4 Å². The lowest BCUT2D eigenvalue weighted by molar-refractivity contribution is 0.0985. The molecule has 0 saturated heterocycles. The minimum Gasteiger partial charge on any atom is -0.282 e. The third-order valence-electron chi connectivity index (χ3n) is 7.40. The Morgan fingerprint density at radius 1 is 1.05 bits per heavy atom. The van der Waals surface area contributed by atoms with Gasteiger partial charge in [0.25, 0.3) is 5.91 Å². The summed E-state index contributed by atoms with van der Waals surface area (Å²) in [6.45, 7) is 7.17. The number of anilines is 1. The van der Waals surface area contributed by atoms with E-state index in [1.165, 1.54) is 11.3 Å². The van der Waals surface area contributed by atoms with E-state index in [9.17, 15) is 13.2 Å². The number of benzene rings is 2. The molecular weight excluding hydrogens is 530 g/mol. The number of aromatic nitrogens is 3. The molecular formula is C29H35N5O3S2. The Morgan fingerprint density at radius 2 is 1.77 bits per heavy atom. The molecule has 1 amide bonds. The quantitative estimate of drug-likeness (QED) is 0.256. The van der Waals surface area contributed by atoms with Crippen LogP contribution in [0.5, 0.6) is 0 Å².